The maximum absolute atomic E-state index is 12.0. The van der Waals surface area contributed by atoms with Crippen molar-refractivity contribution < 1.29 is 23.0 Å². The normalized spacial score (nSPS) is 11.6. The Hall–Kier alpha value is -1.40. The first-order valence-electron chi connectivity index (χ1n) is 5.49. The number of carbonyl (C=O) groups is 1. The molecule has 108 valence electrons. The number of benzene rings is 1. The van der Waals surface area contributed by atoms with E-state index in [0.717, 1.165) is 0 Å². The first-order chi connectivity index (χ1) is 8.52. The summed E-state index contributed by atoms with van der Waals surface area (Å²) < 4.78 is 33.1. The van der Waals surface area contributed by atoms with Crippen molar-refractivity contribution in [1.29, 1.82) is 0 Å². The molecule has 0 radical (unpaired) electrons. The van der Waals surface area contributed by atoms with Gasteiger partial charge in [0.1, 0.15) is 5.75 Å². The van der Waals surface area contributed by atoms with Crippen molar-refractivity contribution in [2.45, 2.75) is 26.0 Å². The van der Waals surface area contributed by atoms with Crippen LogP contribution in [0.1, 0.15) is 24.9 Å². The lowest BCUT2D eigenvalue weighted by molar-refractivity contribution is -0.143. The van der Waals surface area contributed by atoms with Crippen LogP contribution in [0, 0.1) is 0 Å². The van der Waals surface area contributed by atoms with E-state index in [1.165, 1.54) is 18.2 Å². The van der Waals surface area contributed by atoms with E-state index in [1.807, 2.05) is 0 Å². The van der Waals surface area contributed by atoms with Gasteiger partial charge in [-0.05, 0) is 24.6 Å². The third kappa shape index (κ3) is 6.35. The lowest BCUT2D eigenvalue weighted by atomic mass is 10.0. The SMILES string of the molecule is CCOC(=O)C[C@H](N)c1cccc(OC(F)F)c1.Cl. The minimum Gasteiger partial charge on any atom is -0.466 e. The maximum atomic E-state index is 12.0. The summed E-state index contributed by atoms with van der Waals surface area (Å²) in [6.07, 6.45) is -0.00796. The van der Waals surface area contributed by atoms with Crippen molar-refractivity contribution in [3.8, 4) is 5.75 Å². The van der Waals surface area contributed by atoms with Crippen molar-refractivity contribution in [2.24, 2.45) is 5.73 Å². The van der Waals surface area contributed by atoms with Gasteiger partial charge in [-0.15, -0.1) is 12.4 Å². The van der Waals surface area contributed by atoms with Crippen LogP contribution in [0.25, 0.3) is 0 Å². The third-order valence-corrected chi connectivity index (χ3v) is 2.20. The van der Waals surface area contributed by atoms with Gasteiger partial charge >= 0.3 is 12.6 Å². The Morgan fingerprint density at radius 3 is 2.68 bits per heavy atom. The van der Waals surface area contributed by atoms with Crippen LogP contribution in [0.3, 0.4) is 0 Å². The molecular formula is C12H16ClF2NO3. The first-order valence-corrected chi connectivity index (χ1v) is 5.49. The number of hydrogen-bond acceptors (Lipinski definition) is 4. The van der Waals surface area contributed by atoms with Gasteiger partial charge in [0, 0.05) is 6.04 Å². The molecule has 4 nitrogen and oxygen atoms in total. The summed E-state index contributed by atoms with van der Waals surface area (Å²) in [5.74, 6) is -0.410. The van der Waals surface area contributed by atoms with Gasteiger partial charge in [0.2, 0.25) is 0 Å². The molecule has 1 rings (SSSR count). The van der Waals surface area contributed by atoms with Gasteiger partial charge in [-0.1, -0.05) is 12.1 Å². The Labute approximate surface area is 116 Å². The fourth-order valence-electron chi connectivity index (χ4n) is 1.44. The lowest BCUT2D eigenvalue weighted by Crippen LogP contribution is -2.17. The van der Waals surface area contributed by atoms with Crippen LogP contribution >= 0.6 is 12.4 Å². The van der Waals surface area contributed by atoms with Crippen LogP contribution in [0.5, 0.6) is 5.75 Å². The van der Waals surface area contributed by atoms with E-state index in [-0.39, 0.29) is 31.2 Å². The number of rotatable bonds is 6. The van der Waals surface area contributed by atoms with E-state index < -0.39 is 18.6 Å². The quantitative estimate of drug-likeness (QED) is 0.820. The molecule has 0 saturated carbocycles. The molecule has 2 N–H and O–H groups in total. The predicted octanol–water partition coefficient (Wildman–Crippen LogP) is 2.66. The summed E-state index contributed by atoms with van der Waals surface area (Å²) in [6.45, 7) is -0.915. The average Bonchev–Trinajstić information content (AvgIpc) is 2.28. The van der Waals surface area contributed by atoms with Crippen molar-refractivity contribution in [2.75, 3.05) is 6.61 Å². The molecule has 0 spiro atoms. The number of halogens is 3. The van der Waals surface area contributed by atoms with E-state index in [4.69, 9.17) is 10.5 Å². The average molecular weight is 296 g/mol. The molecular weight excluding hydrogens is 280 g/mol. The molecule has 0 unspecified atom stereocenters. The number of carbonyl (C=O) groups excluding carboxylic acids is 1. The Morgan fingerprint density at radius 2 is 2.11 bits per heavy atom. The Bertz CT molecular complexity index is 404. The van der Waals surface area contributed by atoms with Gasteiger partial charge in [-0.25, -0.2) is 0 Å². The summed E-state index contributed by atoms with van der Waals surface area (Å²) in [5, 5.41) is 0. The summed E-state index contributed by atoms with van der Waals surface area (Å²) in [7, 11) is 0. The largest absolute Gasteiger partial charge is 0.466 e. The maximum Gasteiger partial charge on any atom is 0.387 e. The topological polar surface area (TPSA) is 61.5 Å². The number of esters is 1. The smallest absolute Gasteiger partial charge is 0.387 e. The summed E-state index contributed by atoms with van der Waals surface area (Å²) in [4.78, 5) is 11.2. The summed E-state index contributed by atoms with van der Waals surface area (Å²) in [5.41, 5.74) is 6.32. The van der Waals surface area contributed by atoms with Crippen molar-refractivity contribution >= 4 is 18.4 Å². The predicted molar refractivity (Wildman–Crippen MR) is 68.5 cm³/mol. The Balaban J connectivity index is 0.00000324. The van der Waals surface area contributed by atoms with Gasteiger partial charge < -0.3 is 15.2 Å². The third-order valence-electron chi connectivity index (χ3n) is 2.20. The Morgan fingerprint density at radius 1 is 1.42 bits per heavy atom. The number of nitrogens with two attached hydrogens (primary N) is 1. The zero-order valence-corrected chi connectivity index (χ0v) is 11.2. The molecule has 1 aromatic rings. The fraction of sp³-hybridized carbons (Fsp3) is 0.417. The Kier molecular flexibility index (Phi) is 8.02. The van der Waals surface area contributed by atoms with E-state index in [0.29, 0.717) is 5.56 Å². The molecule has 0 heterocycles. The van der Waals surface area contributed by atoms with Crippen molar-refractivity contribution in [1.82, 2.24) is 0 Å². The zero-order chi connectivity index (χ0) is 13.5. The minimum absolute atomic E-state index is 0. The second-order valence-corrected chi connectivity index (χ2v) is 3.57. The zero-order valence-electron chi connectivity index (χ0n) is 10.3. The molecule has 0 aromatic heterocycles. The van der Waals surface area contributed by atoms with E-state index in [2.05, 4.69) is 4.74 Å². The van der Waals surface area contributed by atoms with Crippen LogP contribution in [0.2, 0.25) is 0 Å². The highest BCUT2D eigenvalue weighted by Gasteiger charge is 2.13. The van der Waals surface area contributed by atoms with Gasteiger partial charge in [-0.3, -0.25) is 4.79 Å². The lowest BCUT2D eigenvalue weighted by Gasteiger charge is -2.12. The molecule has 0 aliphatic carbocycles. The van der Waals surface area contributed by atoms with E-state index in [9.17, 15) is 13.6 Å². The fourth-order valence-corrected chi connectivity index (χ4v) is 1.44. The van der Waals surface area contributed by atoms with Crippen LogP contribution in [0.4, 0.5) is 8.78 Å². The second kappa shape index (κ2) is 8.66. The summed E-state index contributed by atoms with van der Waals surface area (Å²) in [6, 6.07) is 5.36. The van der Waals surface area contributed by atoms with Crippen LogP contribution in [-0.2, 0) is 9.53 Å². The van der Waals surface area contributed by atoms with E-state index >= 15 is 0 Å². The molecule has 1 atom stereocenters. The molecule has 0 aliphatic rings. The van der Waals surface area contributed by atoms with Gasteiger partial charge in [0.25, 0.3) is 0 Å². The van der Waals surface area contributed by atoms with Crippen molar-refractivity contribution in [3.63, 3.8) is 0 Å². The molecule has 0 bridgehead atoms. The van der Waals surface area contributed by atoms with Crippen LogP contribution in [0.15, 0.2) is 24.3 Å². The van der Waals surface area contributed by atoms with E-state index in [1.54, 1.807) is 13.0 Å². The number of ether oxygens (including phenoxy) is 2. The highest BCUT2D eigenvalue weighted by molar-refractivity contribution is 5.85. The van der Waals surface area contributed by atoms with Crippen LogP contribution in [-0.4, -0.2) is 19.2 Å². The molecule has 0 saturated heterocycles. The van der Waals surface area contributed by atoms with Crippen molar-refractivity contribution in [3.05, 3.63) is 29.8 Å². The molecule has 7 heteroatoms. The van der Waals surface area contributed by atoms with Gasteiger partial charge in [-0.2, -0.15) is 8.78 Å². The standard InChI is InChI=1S/C12H15F2NO3.ClH/c1-2-17-11(16)7-10(15)8-4-3-5-9(6-8)18-12(13)14;/h3-6,10,12H,2,7,15H2,1H3;1H/t10-;/m0./s1. The van der Waals surface area contributed by atoms with Gasteiger partial charge in [0.05, 0.1) is 13.0 Å². The minimum atomic E-state index is -2.89. The molecule has 0 fully saturated rings. The monoisotopic (exact) mass is 295 g/mol. The van der Waals surface area contributed by atoms with Crippen LogP contribution < -0.4 is 10.5 Å². The molecule has 0 aliphatic heterocycles. The highest BCUT2D eigenvalue weighted by atomic mass is 35.5. The second-order valence-electron chi connectivity index (χ2n) is 3.57. The molecule has 19 heavy (non-hydrogen) atoms. The van der Waals surface area contributed by atoms with Gasteiger partial charge in [0.15, 0.2) is 0 Å². The molecule has 1 aromatic carbocycles. The summed E-state index contributed by atoms with van der Waals surface area (Å²) >= 11 is 0. The highest BCUT2D eigenvalue weighted by Crippen LogP contribution is 2.21. The first kappa shape index (κ1) is 17.6. The number of hydrogen-bond donors (Lipinski definition) is 1. The number of alkyl halides is 2. The molecule has 0 amide bonds.